The standard InChI is InChI=1S/C13H16Cl2/c1-3-4-5-6-10(2)11-7-8-12(14)13(15)9-11/h4-5,7-10H,3,6H2,1-2H3/b5-4-. The molecule has 0 bridgehead atoms. The van der Waals surface area contributed by atoms with Gasteiger partial charge in [0.1, 0.15) is 0 Å². The van der Waals surface area contributed by atoms with Crippen molar-refractivity contribution in [3.8, 4) is 0 Å². The average Bonchev–Trinajstić information content (AvgIpc) is 2.22. The minimum atomic E-state index is 0.488. The van der Waals surface area contributed by atoms with Crippen LogP contribution >= 0.6 is 23.2 Å². The van der Waals surface area contributed by atoms with Gasteiger partial charge in [0.25, 0.3) is 0 Å². The molecule has 0 aliphatic rings. The van der Waals surface area contributed by atoms with Gasteiger partial charge in [-0.25, -0.2) is 0 Å². The lowest BCUT2D eigenvalue weighted by molar-refractivity contribution is 0.778. The van der Waals surface area contributed by atoms with Gasteiger partial charge in [0.15, 0.2) is 0 Å². The van der Waals surface area contributed by atoms with Gasteiger partial charge in [-0.1, -0.05) is 55.3 Å². The summed E-state index contributed by atoms with van der Waals surface area (Å²) in [7, 11) is 0. The molecule has 0 amide bonds. The largest absolute Gasteiger partial charge is 0.0888 e. The van der Waals surface area contributed by atoms with E-state index in [0.717, 1.165) is 12.8 Å². The summed E-state index contributed by atoms with van der Waals surface area (Å²) in [4.78, 5) is 0. The lowest BCUT2D eigenvalue weighted by Gasteiger charge is -2.10. The second-order valence-electron chi connectivity index (χ2n) is 3.69. The molecule has 82 valence electrons. The van der Waals surface area contributed by atoms with Crippen LogP contribution in [0.25, 0.3) is 0 Å². The summed E-state index contributed by atoms with van der Waals surface area (Å²) in [5.41, 5.74) is 1.24. The van der Waals surface area contributed by atoms with E-state index in [-0.39, 0.29) is 0 Å². The zero-order valence-corrected chi connectivity index (χ0v) is 10.6. The van der Waals surface area contributed by atoms with Gasteiger partial charge in [0.05, 0.1) is 10.0 Å². The van der Waals surface area contributed by atoms with E-state index >= 15 is 0 Å². The number of allylic oxidation sites excluding steroid dienone is 2. The molecule has 0 aromatic heterocycles. The molecule has 0 aliphatic heterocycles. The zero-order valence-electron chi connectivity index (χ0n) is 9.13. The van der Waals surface area contributed by atoms with Crippen molar-refractivity contribution in [3.05, 3.63) is 46.0 Å². The molecule has 0 saturated carbocycles. The highest BCUT2D eigenvalue weighted by molar-refractivity contribution is 6.42. The minimum Gasteiger partial charge on any atom is -0.0888 e. The molecule has 15 heavy (non-hydrogen) atoms. The Morgan fingerprint density at radius 3 is 2.53 bits per heavy atom. The fourth-order valence-electron chi connectivity index (χ4n) is 1.42. The van der Waals surface area contributed by atoms with Crippen molar-refractivity contribution >= 4 is 23.2 Å². The summed E-state index contributed by atoms with van der Waals surface area (Å²) in [6.07, 6.45) is 6.54. The minimum absolute atomic E-state index is 0.488. The molecule has 0 heterocycles. The SMILES string of the molecule is CC/C=C\CC(C)c1ccc(Cl)c(Cl)c1. The van der Waals surface area contributed by atoms with Crippen LogP contribution in [0.1, 0.15) is 38.2 Å². The summed E-state index contributed by atoms with van der Waals surface area (Å²) in [6, 6.07) is 5.85. The number of hydrogen-bond donors (Lipinski definition) is 0. The number of halogens is 2. The highest BCUT2D eigenvalue weighted by Gasteiger charge is 2.05. The highest BCUT2D eigenvalue weighted by Crippen LogP contribution is 2.27. The van der Waals surface area contributed by atoms with Gasteiger partial charge in [-0.05, 0) is 36.5 Å². The van der Waals surface area contributed by atoms with Crippen molar-refractivity contribution in [1.29, 1.82) is 0 Å². The van der Waals surface area contributed by atoms with Gasteiger partial charge >= 0.3 is 0 Å². The van der Waals surface area contributed by atoms with Gasteiger partial charge in [0, 0.05) is 0 Å². The third-order valence-corrected chi connectivity index (χ3v) is 3.14. The number of hydrogen-bond acceptors (Lipinski definition) is 0. The topological polar surface area (TPSA) is 0 Å². The smallest absolute Gasteiger partial charge is 0.0595 e. The van der Waals surface area contributed by atoms with Crippen molar-refractivity contribution < 1.29 is 0 Å². The molecule has 1 aromatic rings. The van der Waals surface area contributed by atoms with Crippen LogP contribution in [0.2, 0.25) is 10.0 Å². The summed E-state index contributed by atoms with van der Waals surface area (Å²) in [6.45, 7) is 4.33. The molecule has 1 rings (SSSR count). The molecular weight excluding hydrogens is 227 g/mol. The fourth-order valence-corrected chi connectivity index (χ4v) is 1.73. The Kier molecular flexibility index (Phi) is 5.21. The van der Waals surface area contributed by atoms with Crippen LogP contribution in [-0.2, 0) is 0 Å². The molecule has 2 heteroatoms. The Balaban J connectivity index is 2.69. The van der Waals surface area contributed by atoms with Crippen LogP contribution in [0.15, 0.2) is 30.4 Å². The van der Waals surface area contributed by atoms with Crippen LogP contribution < -0.4 is 0 Å². The third-order valence-electron chi connectivity index (χ3n) is 2.40. The predicted molar refractivity (Wildman–Crippen MR) is 68.9 cm³/mol. The van der Waals surface area contributed by atoms with Crippen LogP contribution in [0, 0.1) is 0 Å². The second kappa shape index (κ2) is 6.19. The van der Waals surface area contributed by atoms with Crippen molar-refractivity contribution in [2.75, 3.05) is 0 Å². The normalized spacial score (nSPS) is 13.3. The molecule has 1 unspecified atom stereocenters. The molecule has 0 radical (unpaired) electrons. The van der Waals surface area contributed by atoms with E-state index in [2.05, 4.69) is 26.0 Å². The molecule has 0 nitrogen and oxygen atoms in total. The summed E-state index contributed by atoms with van der Waals surface area (Å²) in [5, 5.41) is 1.26. The average molecular weight is 243 g/mol. The molecule has 0 aliphatic carbocycles. The van der Waals surface area contributed by atoms with Gasteiger partial charge in [-0.3, -0.25) is 0 Å². The first-order valence-corrected chi connectivity index (χ1v) is 6.00. The molecule has 1 atom stereocenters. The van der Waals surface area contributed by atoms with Crippen LogP contribution in [0.5, 0.6) is 0 Å². The van der Waals surface area contributed by atoms with Gasteiger partial charge in [-0.15, -0.1) is 0 Å². The monoisotopic (exact) mass is 242 g/mol. The Bertz CT molecular complexity index is 342. The van der Waals surface area contributed by atoms with Crippen LogP contribution in [-0.4, -0.2) is 0 Å². The molecule has 0 spiro atoms. The van der Waals surface area contributed by atoms with E-state index in [1.165, 1.54) is 5.56 Å². The Hall–Kier alpha value is -0.460. The summed E-state index contributed by atoms with van der Waals surface area (Å²) >= 11 is 11.8. The van der Waals surface area contributed by atoms with E-state index < -0.39 is 0 Å². The van der Waals surface area contributed by atoms with E-state index in [1.54, 1.807) is 0 Å². The maximum absolute atomic E-state index is 5.97. The van der Waals surface area contributed by atoms with Crippen molar-refractivity contribution in [2.24, 2.45) is 0 Å². The Morgan fingerprint density at radius 1 is 1.20 bits per heavy atom. The molecule has 1 aromatic carbocycles. The number of rotatable bonds is 4. The third kappa shape index (κ3) is 3.89. The van der Waals surface area contributed by atoms with Crippen molar-refractivity contribution in [3.63, 3.8) is 0 Å². The Morgan fingerprint density at radius 2 is 1.93 bits per heavy atom. The molecule has 0 saturated heterocycles. The summed E-state index contributed by atoms with van der Waals surface area (Å²) < 4.78 is 0. The van der Waals surface area contributed by atoms with E-state index in [9.17, 15) is 0 Å². The van der Waals surface area contributed by atoms with Crippen molar-refractivity contribution in [1.82, 2.24) is 0 Å². The fraction of sp³-hybridized carbons (Fsp3) is 0.385. The maximum Gasteiger partial charge on any atom is 0.0595 e. The lowest BCUT2D eigenvalue weighted by atomic mass is 9.98. The first-order chi connectivity index (χ1) is 7.15. The van der Waals surface area contributed by atoms with Gasteiger partial charge < -0.3 is 0 Å². The van der Waals surface area contributed by atoms with Crippen LogP contribution in [0.4, 0.5) is 0 Å². The summed E-state index contributed by atoms with van der Waals surface area (Å²) in [5.74, 6) is 0.488. The first kappa shape index (κ1) is 12.6. The quantitative estimate of drug-likeness (QED) is 0.616. The van der Waals surface area contributed by atoms with E-state index in [4.69, 9.17) is 23.2 Å². The zero-order chi connectivity index (χ0) is 11.3. The maximum atomic E-state index is 5.97. The van der Waals surface area contributed by atoms with Crippen molar-refractivity contribution in [2.45, 2.75) is 32.6 Å². The van der Waals surface area contributed by atoms with E-state index in [1.807, 2.05) is 18.2 Å². The van der Waals surface area contributed by atoms with E-state index in [0.29, 0.717) is 16.0 Å². The first-order valence-electron chi connectivity index (χ1n) is 5.25. The number of benzene rings is 1. The van der Waals surface area contributed by atoms with Gasteiger partial charge in [0.2, 0.25) is 0 Å². The predicted octanol–water partition coefficient (Wildman–Crippen LogP) is 5.45. The molecule has 0 N–H and O–H groups in total. The highest BCUT2D eigenvalue weighted by atomic mass is 35.5. The van der Waals surface area contributed by atoms with Gasteiger partial charge in [-0.2, -0.15) is 0 Å². The lowest BCUT2D eigenvalue weighted by Crippen LogP contribution is -1.91. The molecule has 0 fully saturated rings. The Labute approximate surface area is 102 Å². The second-order valence-corrected chi connectivity index (χ2v) is 4.50. The van der Waals surface area contributed by atoms with Crippen LogP contribution in [0.3, 0.4) is 0 Å². The molecular formula is C13H16Cl2.